The van der Waals surface area contributed by atoms with Crippen LogP contribution in [0, 0.1) is 5.41 Å². The maximum atomic E-state index is 12.6. The van der Waals surface area contributed by atoms with E-state index in [2.05, 4.69) is 0 Å². The Bertz CT molecular complexity index is 553. The van der Waals surface area contributed by atoms with Gasteiger partial charge in [0.05, 0.1) is 12.1 Å². The molecule has 0 N–H and O–H groups in total. The number of anilines is 1. The van der Waals surface area contributed by atoms with Crippen molar-refractivity contribution >= 4 is 17.4 Å². The minimum atomic E-state index is -4.58. The zero-order valence-electron chi connectivity index (χ0n) is 10.4. The van der Waals surface area contributed by atoms with Crippen molar-refractivity contribution in [3.8, 4) is 0 Å². The number of carbonyl (C=O) groups is 2. The van der Waals surface area contributed by atoms with Crippen LogP contribution in [0.3, 0.4) is 0 Å². The molecule has 1 heterocycles. The van der Waals surface area contributed by atoms with Gasteiger partial charge in [-0.1, -0.05) is 12.1 Å². The maximum absolute atomic E-state index is 12.6. The number of rotatable bonds is 1. The summed E-state index contributed by atoms with van der Waals surface area (Å²) < 4.78 is 37.8. The molecular weight excluding hydrogens is 259 g/mol. The molecule has 6 heteroatoms. The fourth-order valence-corrected chi connectivity index (χ4v) is 2.39. The third-order valence-electron chi connectivity index (χ3n) is 3.34. The number of fused-ring (bicyclic) bond motifs is 1. The Kier molecular flexibility index (Phi) is 2.91. The van der Waals surface area contributed by atoms with Crippen LogP contribution in [0.25, 0.3) is 0 Å². The van der Waals surface area contributed by atoms with Crippen molar-refractivity contribution < 1.29 is 22.8 Å². The smallest absolute Gasteiger partial charge is 0.314 e. The van der Waals surface area contributed by atoms with Crippen LogP contribution < -0.4 is 4.90 Å². The van der Waals surface area contributed by atoms with Crippen molar-refractivity contribution in [1.29, 1.82) is 0 Å². The van der Waals surface area contributed by atoms with Gasteiger partial charge in [-0.3, -0.25) is 9.59 Å². The number of ketones is 1. The summed E-state index contributed by atoms with van der Waals surface area (Å²) in [6, 6.07) is 6.17. The molecule has 1 aromatic carbocycles. The lowest BCUT2D eigenvalue weighted by atomic mass is 9.74. The van der Waals surface area contributed by atoms with E-state index < -0.39 is 29.7 Å². The van der Waals surface area contributed by atoms with Gasteiger partial charge in [0.1, 0.15) is 5.41 Å². The van der Waals surface area contributed by atoms with Crippen molar-refractivity contribution in [3.63, 3.8) is 0 Å². The Morgan fingerprint density at radius 3 is 2.37 bits per heavy atom. The topological polar surface area (TPSA) is 37.4 Å². The van der Waals surface area contributed by atoms with Crippen LogP contribution >= 0.6 is 0 Å². The average Bonchev–Trinajstić information content (AvgIpc) is 2.32. The highest BCUT2D eigenvalue weighted by Crippen LogP contribution is 2.43. The molecule has 1 aliphatic heterocycles. The molecule has 0 radical (unpaired) electrons. The first-order valence-electron chi connectivity index (χ1n) is 5.65. The number of para-hydroxylation sites is 1. The molecule has 0 spiro atoms. The van der Waals surface area contributed by atoms with Crippen LogP contribution in [0.4, 0.5) is 18.9 Å². The predicted molar refractivity (Wildman–Crippen MR) is 63.0 cm³/mol. The summed E-state index contributed by atoms with van der Waals surface area (Å²) >= 11 is 0. The van der Waals surface area contributed by atoms with Crippen molar-refractivity contribution in [1.82, 2.24) is 0 Å². The van der Waals surface area contributed by atoms with E-state index in [9.17, 15) is 22.8 Å². The molecule has 1 aromatic rings. The lowest BCUT2D eigenvalue weighted by Gasteiger charge is -2.37. The van der Waals surface area contributed by atoms with Gasteiger partial charge in [0.2, 0.25) is 5.91 Å². The van der Waals surface area contributed by atoms with E-state index in [0.717, 1.165) is 11.8 Å². The van der Waals surface area contributed by atoms with Crippen LogP contribution in [0.5, 0.6) is 0 Å². The number of carbonyl (C=O) groups excluding carboxylic acids is 2. The zero-order chi connectivity index (χ0) is 14.4. The van der Waals surface area contributed by atoms with E-state index in [1.165, 1.54) is 19.2 Å². The summed E-state index contributed by atoms with van der Waals surface area (Å²) in [7, 11) is 1.38. The summed E-state index contributed by atoms with van der Waals surface area (Å²) in [4.78, 5) is 25.4. The number of hydrogen-bond acceptors (Lipinski definition) is 2. The maximum Gasteiger partial charge on any atom is 0.390 e. The van der Waals surface area contributed by atoms with Crippen LogP contribution in [-0.2, 0) is 4.79 Å². The number of nitrogens with zero attached hydrogens (tertiary/aromatic N) is 1. The first-order chi connectivity index (χ1) is 8.67. The number of benzene rings is 1. The number of Topliss-reactive ketones (excluding diaryl/α,β-unsaturated/α-hetero) is 1. The second-order valence-corrected chi connectivity index (χ2v) is 4.83. The highest BCUT2D eigenvalue weighted by molar-refractivity contribution is 6.24. The first-order valence-corrected chi connectivity index (χ1v) is 5.65. The number of hydrogen-bond donors (Lipinski definition) is 0. The first kappa shape index (κ1) is 13.6. The van der Waals surface area contributed by atoms with E-state index >= 15 is 0 Å². The van der Waals surface area contributed by atoms with Crippen LogP contribution in [0.1, 0.15) is 23.7 Å². The van der Waals surface area contributed by atoms with Crippen LogP contribution in [0.2, 0.25) is 0 Å². The predicted octanol–water partition coefficient (Wildman–Crippen LogP) is 2.80. The fourth-order valence-electron chi connectivity index (χ4n) is 2.39. The minimum Gasteiger partial charge on any atom is -0.314 e. The standard InChI is InChI=1S/C13H12F3NO2/c1-12(7-13(14,15)16)10(18)8-5-3-4-6-9(8)17(2)11(12)19/h3-6H,7H2,1-2H3. The van der Waals surface area contributed by atoms with Gasteiger partial charge in [0.15, 0.2) is 5.78 Å². The molecule has 1 aliphatic rings. The quantitative estimate of drug-likeness (QED) is 0.736. The average molecular weight is 271 g/mol. The van der Waals surface area contributed by atoms with Gasteiger partial charge in [0.25, 0.3) is 0 Å². The molecule has 1 atom stereocenters. The fraction of sp³-hybridized carbons (Fsp3) is 0.385. The molecule has 0 saturated carbocycles. The Balaban J connectivity index is 2.55. The van der Waals surface area contributed by atoms with Gasteiger partial charge in [-0.15, -0.1) is 0 Å². The number of alkyl halides is 3. The molecule has 0 aromatic heterocycles. The third-order valence-corrected chi connectivity index (χ3v) is 3.34. The monoisotopic (exact) mass is 271 g/mol. The van der Waals surface area contributed by atoms with Crippen LogP contribution in [-0.4, -0.2) is 24.9 Å². The molecular formula is C13H12F3NO2. The van der Waals surface area contributed by atoms with Crippen molar-refractivity contribution in [2.45, 2.75) is 19.5 Å². The Morgan fingerprint density at radius 1 is 1.21 bits per heavy atom. The van der Waals surface area contributed by atoms with Gasteiger partial charge in [-0.2, -0.15) is 13.2 Å². The van der Waals surface area contributed by atoms with Crippen molar-refractivity contribution in [3.05, 3.63) is 29.8 Å². The molecule has 2 rings (SSSR count). The van der Waals surface area contributed by atoms with Gasteiger partial charge in [-0.25, -0.2) is 0 Å². The Hall–Kier alpha value is -1.85. The van der Waals surface area contributed by atoms with Crippen molar-refractivity contribution in [2.75, 3.05) is 11.9 Å². The molecule has 102 valence electrons. The van der Waals surface area contributed by atoms with Gasteiger partial charge < -0.3 is 4.90 Å². The number of amides is 1. The van der Waals surface area contributed by atoms with E-state index in [-0.39, 0.29) is 5.56 Å². The molecule has 1 amide bonds. The molecule has 19 heavy (non-hydrogen) atoms. The van der Waals surface area contributed by atoms with Gasteiger partial charge in [-0.05, 0) is 19.1 Å². The van der Waals surface area contributed by atoms with E-state index in [1.807, 2.05) is 0 Å². The molecule has 1 unspecified atom stereocenters. The minimum absolute atomic E-state index is 0.149. The third kappa shape index (κ3) is 2.11. The number of halogens is 3. The lowest BCUT2D eigenvalue weighted by Crippen LogP contribution is -2.51. The van der Waals surface area contributed by atoms with Crippen LogP contribution in [0.15, 0.2) is 24.3 Å². The van der Waals surface area contributed by atoms with Crippen molar-refractivity contribution in [2.24, 2.45) is 5.41 Å². The summed E-state index contributed by atoms with van der Waals surface area (Å²) in [5, 5.41) is 0. The molecule has 0 aliphatic carbocycles. The molecule has 0 saturated heterocycles. The summed E-state index contributed by atoms with van der Waals surface area (Å²) in [6.07, 6.45) is -6.02. The highest BCUT2D eigenvalue weighted by atomic mass is 19.4. The normalized spacial score (nSPS) is 23.5. The summed E-state index contributed by atoms with van der Waals surface area (Å²) in [5.74, 6) is -1.60. The van der Waals surface area contributed by atoms with E-state index in [4.69, 9.17) is 0 Å². The summed E-state index contributed by atoms with van der Waals surface area (Å²) in [5.41, 5.74) is -1.59. The lowest BCUT2D eigenvalue weighted by molar-refractivity contribution is -0.160. The SMILES string of the molecule is CN1C(=O)C(C)(CC(F)(F)F)C(=O)c2ccccc21. The molecule has 0 fully saturated rings. The molecule has 0 bridgehead atoms. The second-order valence-electron chi connectivity index (χ2n) is 4.83. The van der Waals surface area contributed by atoms with Gasteiger partial charge >= 0.3 is 6.18 Å². The zero-order valence-corrected chi connectivity index (χ0v) is 10.4. The largest absolute Gasteiger partial charge is 0.390 e. The van der Waals surface area contributed by atoms with Gasteiger partial charge in [0, 0.05) is 12.6 Å². The summed E-state index contributed by atoms with van der Waals surface area (Å²) in [6.45, 7) is 1.05. The molecule has 3 nitrogen and oxygen atoms in total. The van der Waals surface area contributed by atoms with E-state index in [0.29, 0.717) is 5.69 Å². The Labute approximate surface area is 108 Å². The highest BCUT2D eigenvalue weighted by Gasteiger charge is 2.53. The second kappa shape index (κ2) is 4.08. The van der Waals surface area contributed by atoms with E-state index in [1.54, 1.807) is 12.1 Å². The Morgan fingerprint density at radius 2 is 1.79 bits per heavy atom.